The van der Waals surface area contributed by atoms with E-state index >= 15 is 0 Å². The standard InChI is InChI=1S/C19H21BrN4O4S/c1-13(15-6-4-8-17(10-15)21-14(2)25)22-23-19(26)12-24(29(3,27)28)18-9-5-7-16(20)11-18/h4-11H,12H2,1-3H3,(H,21,25)(H,23,26)/b22-13-. The van der Waals surface area contributed by atoms with Crippen molar-refractivity contribution in [2.75, 3.05) is 22.4 Å². The second-order valence-corrected chi connectivity index (χ2v) is 9.07. The SMILES string of the molecule is CC(=O)Nc1cccc(/C(C)=N\NC(=O)CN(c2cccc(Br)c2)S(C)(=O)=O)c1. The van der Waals surface area contributed by atoms with Crippen molar-refractivity contribution in [3.05, 3.63) is 58.6 Å². The van der Waals surface area contributed by atoms with Crippen LogP contribution in [0.25, 0.3) is 0 Å². The highest BCUT2D eigenvalue weighted by molar-refractivity contribution is 9.10. The van der Waals surface area contributed by atoms with Crippen LogP contribution in [-0.4, -0.2) is 38.7 Å². The quantitative estimate of drug-likeness (QED) is 0.468. The Hall–Kier alpha value is -2.72. The second kappa shape index (κ2) is 9.66. The molecule has 2 N–H and O–H groups in total. The van der Waals surface area contributed by atoms with Gasteiger partial charge in [0, 0.05) is 17.1 Å². The number of nitrogens with zero attached hydrogens (tertiary/aromatic N) is 2. The highest BCUT2D eigenvalue weighted by Gasteiger charge is 2.21. The first kappa shape index (κ1) is 22.6. The Bertz CT molecular complexity index is 1050. The fourth-order valence-corrected chi connectivity index (χ4v) is 3.67. The van der Waals surface area contributed by atoms with Gasteiger partial charge in [0.1, 0.15) is 6.54 Å². The molecule has 0 bridgehead atoms. The lowest BCUT2D eigenvalue weighted by Crippen LogP contribution is -2.39. The van der Waals surface area contributed by atoms with Gasteiger partial charge in [-0.3, -0.25) is 13.9 Å². The summed E-state index contributed by atoms with van der Waals surface area (Å²) >= 11 is 3.29. The van der Waals surface area contributed by atoms with Gasteiger partial charge >= 0.3 is 0 Å². The van der Waals surface area contributed by atoms with Crippen LogP contribution in [-0.2, 0) is 19.6 Å². The molecule has 0 saturated heterocycles. The van der Waals surface area contributed by atoms with Crippen molar-refractivity contribution in [2.45, 2.75) is 13.8 Å². The molecular weight excluding hydrogens is 460 g/mol. The average molecular weight is 481 g/mol. The van der Waals surface area contributed by atoms with Crippen LogP contribution in [0.1, 0.15) is 19.4 Å². The maximum Gasteiger partial charge on any atom is 0.260 e. The molecule has 2 aromatic carbocycles. The molecule has 29 heavy (non-hydrogen) atoms. The summed E-state index contributed by atoms with van der Waals surface area (Å²) in [6, 6.07) is 13.6. The largest absolute Gasteiger partial charge is 0.326 e. The van der Waals surface area contributed by atoms with Gasteiger partial charge in [-0.25, -0.2) is 13.8 Å². The topological polar surface area (TPSA) is 108 Å². The lowest BCUT2D eigenvalue weighted by atomic mass is 10.1. The summed E-state index contributed by atoms with van der Waals surface area (Å²) < 4.78 is 25.9. The summed E-state index contributed by atoms with van der Waals surface area (Å²) in [5.41, 5.74) is 4.54. The third-order valence-electron chi connectivity index (χ3n) is 3.73. The van der Waals surface area contributed by atoms with Gasteiger partial charge in [-0.1, -0.05) is 34.1 Å². The van der Waals surface area contributed by atoms with Gasteiger partial charge in [-0.2, -0.15) is 5.10 Å². The molecule has 154 valence electrons. The van der Waals surface area contributed by atoms with Crippen LogP contribution >= 0.6 is 15.9 Å². The predicted octanol–water partition coefficient (Wildman–Crippen LogP) is 2.71. The summed E-state index contributed by atoms with van der Waals surface area (Å²) in [5, 5.41) is 6.71. The fourth-order valence-electron chi connectivity index (χ4n) is 2.43. The second-order valence-electron chi connectivity index (χ2n) is 6.24. The highest BCUT2D eigenvalue weighted by Crippen LogP contribution is 2.21. The van der Waals surface area contributed by atoms with Crippen molar-refractivity contribution in [3.63, 3.8) is 0 Å². The lowest BCUT2D eigenvalue weighted by Gasteiger charge is -2.21. The van der Waals surface area contributed by atoms with Crippen molar-refractivity contribution in [2.24, 2.45) is 5.10 Å². The normalized spacial score (nSPS) is 11.7. The molecule has 2 amide bonds. The predicted molar refractivity (Wildman–Crippen MR) is 117 cm³/mol. The molecule has 0 aromatic heterocycles. The van der Waals surface area contributed by atoms with Gasteiger partial charge in [-0.05, 0) is 42.8 Å². The maximum atomic E-state index is 12.3. The van der Waals surface area contributed by atoms with Gasteiger partial charge in [0.15, 0.2) is 0 Å². The van der Waals surface area contributed by atoms with E-state index in [4.69, 9.17) is 0 Å². The van der Waals surface area contributed by atoms with Gasteiger partial charge in [0.2, 0.25) is 15.9 Å². The molecule has 0 heterocycles. The van der Waals surface area contributed by atoms with Crippen LogP contribution in [0.15, 0.2) is 58.1 Å². The minimum Gasteiger partial charge on any atom is -0.326 e. The average Bonchev–Trinajstić information content (AvgIpc) is 2.63. The Morgan fingerprint density at radius 2 is 1.79 bits per heavy atom. The molecule has 8 nitrogen and oxygen atoms in total. The number of hydrazone groups is 1. The number of sulfonamides is 1. The summed E-state index contributed by atoms with van der Waals surface area (Å²) in [4.78, 5) is 23.5. The lowest BCUT2D eigenvalue weighted by molar-refractivity contribution is -0.119. The zero-order valence-corrected chi connectivity index (χ0v) is 18.5. The van der Waals surface area contributed by atoms with E-state index in [0.717, 1.165) is 10.6 Å². The molecule has 0 aliphatic carbocycles. The highest BCUT2D eigenvalue weighted by atomic mass is 79.9. The Balaban J connectivity index is 2.13. The molecule has 0 aliphatic rings. The van der Waals surface area contributed by atoms with Crippen molar-refractivity contribution in [1.29, 1.82) is 0 Å². The molecule has 0 unspecified atom stereocenters. The van der Waals surface area contributed by atoms with Crippen molar-refractivity contribution in [1.82, 2.24) is 5.43 Å². The first-order chi connectivity index (χ1) is 13.6. The van der Waals surface area contributed by atoms with Gasteiger partial charge in [-0.15, -0.1) is 0 Å². The van der Waals surface area contributed by atoms with Gasteiger partial charge in [0.25, 0.3) is 5.91 Å². The molecule has 0 radical (unpaired) electrons. The van der Waals surface area contributed by atoms with Crippen LogP contribution in [0.3, 0.4) is 0 Å². The van der Waals surface area contributed by atoms with Gasteiger partial charge < -0.3 is 5.32 Å². The van der Waals surface area contributed by atoms with E-state index in [2.05, 4.69) is 31.8 Å². The van der Waals surface area contributed by atoms with Crippen molar-refractivity contribution >= 4 is 54.9 Å². The van der Waals surface area contributed by atoms with E-state index in [1.165, 1.54) is 6.92 Å². The Morgan fingerprint density at radius 1 is 1.10 bits per heavy atom. The zero-order chi connectivity index (χ0) is 21.6. The van der Waals surface area contributed by atoms with E-state index in [1.807, 2.05) is 0 Å². The van der Waals surface area contributed by atoms with Crippen LogP contribution in [0.2, 0.25) is 0 Å². The Morgan fingerprint density at radius 3 is 2.41 bits per heavy atom. The molecule has 0 spiro atoms. The van der Waals surface area contributed by atoms with E-state index in [-0.39, 0.29) is 5.91 Å². The molecule has 2 aromatic rings. The summed E-state index contributed by atoms with van der Waals surface area (Å²) in [7, 11) is -3.67. The molecule has 0 aliphatic heterocycles. The number of halogens is 1. The van der Waals surface area contributed by atoms with E-state index in [9.17, 15) is 18.0 Å². The number of amides is 2. The number of nitrogens with one attached hydrogen (secondary N) is 2. The van der Waals surface area contributed by atoms with Crippen LogP contribution in [0.5, 0.6) is 0 Å². The minimum atomic E-state index is -3.67. The maximum absolute atomic E-state index is 12.3. The van der Waals surface area contributed by atoms with Crippen molar-refractivity contribution < 1.29 is 18.0 Å². The van der Waals surface area contributed by atoms with Crippen LogP contribution < -0.4 is 15.0 Å². The first-order valence-corrected chi connectivity index (χ1v) is 11.1. The number of hydrogen-bond donors (Lipinski definition) is 2. The molecule has 0 saturated carbocycles. The molecule has 2 rings (SSSR count). The van der Waals surface area contributed by atoms with Crippen LogP contribution in [0, 0.1) is 0 Å². The van der Waals surface area contributed by atoms with E-state index in [0.29, 0.717) is 27.1 Å². The number of carbonyl (C=O) groups excluding carboxylic acids is 2. The number of benzene rings is 2. The third-order valence-corrected chi connectivity index (χ3v) is 5.37. The third kappa shape index (κ3) is 6.99. The van der Waals surface area contributed by atoms with Gasteiger partial charge in [0.05, 0.1) is 17.7 Å². The number of rotatable bonds is 7. The first-order valence-electron chi connectivity index (χ1n) is 8.50. The molecule has 0 fully saturated rings. The number of hydrogen-bond acceptors (Lipinski definition) is 5. The summed E-state index contributed by atoms with van der Waals surface area (Å²) in [6.45, 7) is 2.68. The van der Waals surface area contributed by atoms with E-state index in [1.54, 1.807) is 55.5 Å². The smallest absolute Gasteiger partial charge is 0.260 e. The molecule has 0 atom stereocenters. The number of carbonyl (C=O) groups is 2. The van der Waals surface area contributed by atoms with Crippen LogP contribution in [0.4, 0.5) is 11.4 Å². The molecule has 10 heteroatoms. The Labute approximate surface area is 178 Å². The summed E-state index contributed by atoms with van der Waals surface area (Å²) in [5.74, 6) is -0.786. The number of anilines is 2. The Kier molecular flexibility index (Phi) is 7.52. The zero-order valence-electron chi connectivity index (χ0n) is 16.1. The minimum absolute atomic E-state index is 0.196. The van der Waals surface area contributed by atoms with Crippen molar-refractivity contribution in [3.8, 4) is 0 Å². The fraction of sp³-hybridized carbons (Fsp3) is 0.211. The monoisotopic (exact) mass is 480 g/mol. The van der Waals surface area contributed by atoms with E-state index < -0.39 is 22.5 Å². The summed E-state index contributed by atoms with van der Waals surface area (Å²) in [6.07, 6.45) is 1.03. The molecular formula is C19H21BrN4O4S.